The number of ether oxygens (including phenoxy) is 1. The first-order valence-electron chi connectivity index (χ1n) is 11.6. The second-order valence-electron chi connectivity index (χ2n) is 8.28. The van der Waals surface area contributed by atoms with Gasteiger partial charge in [0, 0.05) is 33.9 Å². The molecule has 1 heterocycles. The van der Waals surface area contributed by atoms with Crippen molar-refractivity contribution in [3.05, 3.63) is 137 Å². The maximum Gasteiger partial charge on any atom is 0.251 e. The summed E-state index contributed by atoms with van der Waals surface area (Å²) in [4.78, 5) is 13.0. The van der Waals surface area contributed by atoms with E-state index in [2.05, 4.69) is 21.2 Å². The zero-order valence-electron chi connectivity index (χ0n) is 19.5. The van der Waals surface area contributed by atoms with Gasteiger partial charge < -0.3 is 10.1 Å². The van der Waals surface area contributed by atoms with Gasteiger partial charge in [0.15, 0.2) is 0 Å². The lowest BCUT2D eigenvalue weighted by Gasteiger charge is -2.09. The molecule has 1 amide bonds. The van der Waals surface area contributed by atoms with Crippen LogP contribution in [0, 0.1) is 0 Å². The molecule has 178 valence electrons. The molecule has 0 aliphatic heterocycles. The van der Waals surface area contributed by atoms with E-state index in [4.69, 9.17) is 9.84 Å². The summed E-state index contributed by atoms with van der Waals surface area (Å²) >= 11 is 3.45. The van der Waals surface area contributed by atoms with Gasteiger partial charge in [-0.05, 0) is 48.0 Å². The molecule has 0 aliphatic rings. The average molecular weight is 538 g/mol. The van der Waals surface area contributed by atoms with E-state index in [-0.39, 0.29) is 5.91 Å². The van der Waals surface area contributed by atoms with Crippen molar-refractivity contribution in [3.63, 3.8) is 0 Å². The van der Waals surface area contributed by atoms with Gasteiger partial charge in [-0.15, -0.1) is 0 Å². The van der Waals surface area contributed by atoms with E-state index >= 15 is 0 Å². The Bertz CT molecular complexity index is 1470. The smallest absolute Gasteiger partial charge is 0.251 e. The molecule has 0 atom stereocenters. The van der Waals surface area contributed by atoms with Crippen LogP contribution in [0.2, 0.25) is 0 Å². The van der Waals surface area contributed by atoms with Gasteiger partial charge in [-0.2, -0.15) is 5.10 Å². The number of carbonyl (C=O) groups excluding carboxylic acids is 1. The minimum absolute atomic E-state index is 0.147. The number of para-hydroxylation sites is 1. The van der Waals surface area contributed by atoms with Crippen molar-refractivity contribution < 1.29 is 9.53 Å². The Labute approximate surface area is 218 Å². The molecule has 5 aromatic rings. The number of nitrogens with one attached hydrogen (secondary N) is 1. The third-order valence-electron chi connectivity index (χ3n) is 5.69. The average Bonchev–Trinajstić information content (AvgIpc) is 3.36. The summed E-state index contributed by atoms with van der Waals surface area (Å²) in [6.07, 6.45) is 1.97. The topological polar surface area (TPSA) is 56.2 Å². The highest BCUT2D eigenvalue weighted by molar-refractivity contribution is 9.10. The second kappa shape index (κ2) is 11.1. The number of carbonyl (C=O) groups is 1. The Kier molecular flexibility index (Phi) is 7.24. The highest BCUT2D eigenvalue weighted by Gasteiger charge is 2.14. The van der Waals surface area contributed by atoms with E-state index in [9.17, 15) is 4.79 Å². The number of hydrogen-bond donors (Lipinski definition) is 1. The molecular weight excluding hydrogens is 514 g/mol. The molecule has 0 bridgehead atoms. The quantitative estimate of drug-likeness (QED) is 0.236. The molecule has 0 unspecified atom stereocenters. The third kappa shape index (κ3) is 5.73. The van der Waals surface area contributed by atoms with Crippen molar-refractivity contribution in [2.75, 3.05) is 0 Å². The van der Waals surface area contributed by atoms with Crippen LogP contribution >= 0.6 is 15.9 Å². The van der Waals surface area contributed by atoms with Crippen molar-refractivity contribution in [1.29, 1.82) is 0 Å². The highest BCUT2D eigenvalue weighted by atomic mass is 79.9. The van der Waals surface area contributed by atoms with Crippen molar-refractivity contribution >= 4 is 21.8 Å². The minimum atomic E-state index is -0.147. The number of benzene rings is 4. The predicted molar refractivity (Wildman–Crippen MR) is 145 cm³/mol. The highest BCUT2D eigenvalue weighted by Crippen LogP contribution is 2.24. The van der Waals surface area contributed by atoms with Crippen LogP contribution in [0.5, 0.6) is 5.75 Å². The van der Waals surface area contributed by atoms with Crippen LogP contribution in [0.15, 0.2) is 120 Å². The van der Waals surface area contributed by atoms with Crippen LogP contribution in [0.1, 0.15) is 21.5 Å². The van der Waals surface area contributed by atoms with Crippen molar-refractivity contribution in [1.82, 2.24) is 15.1 Å². The summed E-state index contributed by atoms with van der Waals surface area (Å²) in [7, 11) is 0. The predicted octanol–water partition coefficient (Wildman–Crippen LogP) is 6.81. The largest absolute Gasteiger partial charge is 0.489 e. The van der Waals surface area contributed by atoms with Crippen LogP contribution in [0.25, 0.3) is 16.9 Å². The Morgan fingerprint density at radius 1 is 0.861 bits per heavy atom. The second-order valence-corrected chi connectivity index (χ2v) is 9.19. The van der Waals surface area contributed by atoms with E-state index in [0.717, 1.165) is 38.3 Å². The van der Waals surface area contributed by atoms with E-state index < -0.39 is 0 Å². The first-order valence-corrected chi connectivity index (χ1v) is 12.4. The summed E-state index contributed by atoms with van der Waals surface area (Å²) in [6, 6.07) is 35.1. The number of nitrogens with zero attached hydrogens (tertiary/aromatic N) is 2. The normalized spacial score (nSPS) is 10.7. The lowest BCUT2D eigenvalue weighted by molar-refractivity contribution is 0.0951. The van der Waals surface area contributed by atoms with E-state index in [1.54, 1.807) is 0 Å². The Morgan fingerprint density at radius 3 is 2.39 bits per heavy atom. The molecule has 0 saturated carbocycles. The molecule has 5 rings (SSSR count). The minimum Gasteiger partial charge on any atom is -0.489 e. The van der Waals surface area contributed by atoms with Crippen LogP contribution in [-0.2, 0) is 13.2 Å². The van der Waals surface area contributed by atoms with Gasteiger partial charge in [0.05, 0.1) is 11.4 Å². The van der Waals surface area contributed by atoms with Crippen LogP contribution in [-0.4, -0.2) is 15.7 Å². The third-order valence-corrected chi connectivity index (χ3v) is 6.18. The van der Waals surface area contributed by atoms with Gasteiger partial charge in [-0.1, -0.05) is 82.7 Å². The molecule has 5 nitrogen and oxygen atoms in total. The van der Waals surface area contributed by atoms with Crippen molar-refractivity contribution in [3.8, 4) is 22.7 Å². The van der Waals surface area contributed by atoms with Crippen LogP contribution in [0.4, 0.5) is 0 Å². The monoisotopic (exact) mass is 537 g/mol. The van der Waals surface area contributed by atoms with Crippen LogP contribution in [0.3, 0.4) is 0 Å². The SMILES string of the molecule is O=C(NCc1cn(-c2ccccc2)nc1-c1ccccc1)c1cccc(COc2cccc(Br)c2)c1. The zero-order valence-corrected chi connectivity index (χ0v) is 21.1. The number of aromatic nitrogens is 2. The Morgan fingerprint density at radius 2 is 1.61 bits per heavy atom. The van der Waals surface area contributed by atoms with Gasteiger partial charge in [0.2, 0.25) is 0 Å². The van der Waals surface area contributed by atoms with Gasteiger partial charge in [0.25, 0.3) is 5.91 Å². The fourth-order valence-corrected chi connectivity index (χ4v) is 4.27. The lowest BCUT2D eigenvalue weighted by Crippen LogP contribution is -2.23. The summed E-state index contributed by atoms with van der Waals surface area (Å²) < 4.78 is 8.68. The summed E-state index contributed by atoms with van der Waals surface area (Å²) in [5, 5.41) is 7.88. The van der Waals surface area contributed by atoms with Gasteiger partial charge >= 0.3 is 0 Å². The van der Waals surface area contributed by atoms with Gasteiger partial charge in [-0.3, -0.25) is 4.79 Å². The number of amides is 1. The first-order chi connectivity index (χ1) is 17.7. The zero-order chi connectivity index (χ0) is 24.7. The first kappa shape index (κ1) is 23.6. The summed E-state index contributed by atoms with van der Waals surface area (Å²) in [5.74, 6) is 0.619. The standard InChI is InChI=1S/C30H24BrN3O2/c31-26-13-8-16-28(18-26)36-21-22-9-7-12-24(17-22)30(35)32-19-25-20-34(27-14-5-2-6-15-27)33-29(25)23-10-3-1-4-11-23/h1-18,20H,19,21H2,(H,32,35). The Hall–Kier alpha value is -4.16. The molecular formula is C30H24BrN3O2. The van der Waals surface area contributed by atoms with E-state index in [1.165, 1.54) is 0 Å². The van der Waals surface area contributed by atoms with E-state index in [0.29, 0.717) is 18.7 Å². The number of halogens is 1. The molecule has 4 aromatic carbocycles. The van der Waals surface area contributed by atoms with Crippen LogP contribution < -0.4 is 10.1 Å². The fraction of sp³-hybridized carbons (Fsp3) is 0.0667. The lowest BCUT2D eigenvalue weighted by atomic mass is 10.1. The summed E-state index contributed by atoms with van der Waals surface area (Å²) in [5.41, 5.74) is 5.25. The molecule has 1 N–H and O–H groups in total. The van der Waals surface area contributed by atoms with Gasteiger partial charge in [-0.25, -0.2) is 4.68 Å². The number of hydrogen-bond acceptors (Lipinski definition) is 3. The molecule has 0 spiro atoms. The fourth-order valence-electron chi connectivity index (χ4n) is 3.89. The molecule has 36 heavy (non-hydrogen) atoms. The number of rotatable bonds is 8. The summed E-state index contributed by atoms with van der Waals surface area (Å²) in [6.45, 7) is 0.730. The van der Waals surface area contributed by atoms with Crippen molar-refractivity contribution in [2.45, 2.75) is 13.2 Å². The molecule has 0 fully saturated rings. The van der Waals surface area contributed by atoms with Gasteiger partial charge in [0.1, 0.15) is 12.4 Å². The van der Waals surface area contributed by atoms with E-state index in [1.807, 2.05) is 120 Å². The maximum absolute atomic E-state index is 13.0. The van der Waals surface area contributed by atoms with Crippen molar-refractivity contribution in [2.24, 2.45) is 0 Å². The molecule has 0 aliphatic carbocycles. The molecule has 6 heteroatoms. The molecule has 0 saturated heterocycles. The Balaban J connectivity index is 1.31. The maximum atomic E-state index is 13.0. The molecule has 0 radical (unpaired) electrons. The molecule has 1 aromatic heterocycles.